The third-order valence-corrected chi connectivity index (χ3v) is 8.25. The number of Topliss-reactive ketones (excluding diaryl/α,β-unsaturated/α-hetero) is 2. The van der Waals surface area contributed by atoms with Gasteiger partial charge in [0.2, 0.25) is 11.6 Å². The lowest BCUT2D eigenvalue weighted by molar-refractivity contribution is -0.154. The summed E-state index contributed by atoms with van der Waals surface area (Å²) in [5, 5.41) is 13.0. The average molecular weight is 569 g/mol. The van der Waals surface area contributed by atoms with Gasteiger partial charge in [0.15, 0.2) is 0 Å². The molecule has 2 aliphatic rings. The Bertz CT molecular complexity index is 1440. The molecule has 1 saturated carbocycles. The van der Waals surface area contributed by atoms with Gasteiger partial charge in [-0.25, -0.2) is 4.79 Å². The molecule has 2 N–H and O–H groups in total. The zero-order valence-electron chi connectivity index (χ0n) is 23.6. The molecule has 42 heavy (non-hydrogen) atoms. The quantitative estimate of drug-likeness (QED) is 0.342. The number of hydrogen-bond donors (Lipinski definition) is 2. The number of hydrogen-bond acceptors (Lipinski definition) is 6. The summed E-state index contributed by atoms with van der Waals surface area (Å²) >= 11 is 0. The van der Waals surface area contributed by atoms with E-state index in [4.69, 9.17) is 4.74 Å². The first-order valence-electron chi connectivity index (χ1n) is 14.5. The van der Waals surface area contributed by atoms with Gasteiger partial charge in [-0.15, -0.1) is 0 Å². The highest BCUT2D eigenvalue weighted by molar-refractivity contribution is 6.40. The molecule has 8 heteroatoms. The van der Waals surface area contributed by atoms with E-state index < -0.39 is 23.3 Å². The Hall–Kier alpha value is -4.30. The molecule has 1 aliphatic heterocycles. The molecule has 218 valence electrons. The second kappa shape index (κ2) is 13.1. The van der Waals surface area contributed by atoms with Crippen molar-refractivity contribution in [2.75, 3.05) is 13.1 Å². The molecule has 3 aromatic rings. The van der Waals surface area contributed by atoms with Crippen LogP contribution in [0.2, 0.25) is 0 Å². The van der Waals surface area contributed by atoms with Gasteiger partial charge < -0.3 is 20.1 Å². The van der Waals surface area contributed by atoms with Crippen LogP contribution >= 0.6 is 0 Å². The van der Waals surface area contributed by atoms with Gasteiger partial charge in [-0.1, -0.05) is 66.7 Å². The number of carbonyl (C=O) groups is 4. The van der Waals surface area contributed by atoms with Crippen LogP contribution in [-0.4, -0.2) is 52.3 Å². The van der Waals surface area contributed by atoms with E-state index in [0.29, 0.717) is 49.5 Å². The monoisotopic (exact) mass is 568 g/mol. The number of ether oxygens (including phenoxy) is 1. The number of nitrogens with one attached hydrogen (secondary N) is 1. The fraction of sp³-hybridized carbons (Fsp3) is 0.353. The van der Waals surface area contributed by atoms with Crippen molar-refractivity contribution in [1.82, 2.24) is 10.2 Å². The lowest BCUT2D eigenvalue weighted by atomic mass is 9.75. The van der Waals surface area contributed by atoms with Crippen LogP contribution in [0.15, 0.2) is 78.9 Å². The molecule has 1 saturated heterocycles. The lowest BCUT2D eigenvalue weighted by Gasteiger charge is -2.34. The first-order valence-corrected chi connectivity index (χ1v) is 14.5. The minimum absolute atomic E-state index is 0.0985. The highest BCUT2D eigenvalue weighted by Crippen LogP contribution is 2.33. The Labute approximate surface area is 245 Å². The molecule has 1 aliphatic carbocycles. The number of piperidine rings is 1. The molecule has 0 unspecified atom stereocenters. The Morgan fingerprint density at radius 3 is 2.26 bits per heavy atom. The Kier molecular flexibility index (Phi) is 9.12. The van der Waals surface area contributed by atoms with Crippen LogP contribution < -0.4 is 5.32 Å². The van der Waals surface area contributed by atoms with Gasteiger partial charge in [-0.3, -0.25) is 14.4 Å². The van der Waals surface area contributed by atoms with Crippen LogP contribution in [0.5, 0.6) is 0 Å². The van der Waals surface area contributed by atoms with E-state index in [1.165, 1.54) is 5.56 Å². The van der Waals surface area contributed by atoms with E-state index in [0.717, 1.165) is 30.4 Å². The van der Waals surface area contributed by atoms with E-state index in [1.807, 2.05) is 47.4 Å². The molecule has 2 amide bonds. The summed E-state index contributed by atoms with van der Waals surface area (Å²) in [5.41, 5.74) is 2.67. The molecule has 3 aromatic carbocycles. The maximum Gasteiger partial charge on any atom is 0.407 e. The van der Waals surface area contributed by atoms with Gasteiger partial charge in [0.05, 0.1) is 0 Å². The molecule has 0 aromatic heterocycles. The summed E-state index contributed by atoms with van der Waals surface area (Å²) in [6.45, 7) is 1.79. The van der Waals surface area contributed by atoms with E-state index in [9.17, 15) is 24.3 Å². The van der Waals surface area contributed by atoms with Crippen LogP contribution in [0, 0.1) is 0 Å². The Balaban J connectivity index is 1.10. The second-order valence-electron chi connectivity index (χ2n) is 11.2. The number of alkyl carbamates (subject to hydrolysis) is 1. The number of likely N-dealkylation sites (tertiary alicyclic amines) is 1. The number of amides is 2. The van der Waals surface area contributed by atoms with Gasteiger partial charge in [0, 0.05) is 31.6 Å². The van der Waals surface area contributed by atoms with E-state index >= 15 is 0 Å². The molecular weight excluding hydrogens is 532 g/mol. The van der Waals surface area contributed by atoms with Gasteiger partial charge in [0.25, 0.3) is 5.91 Å². The fourth-order valence-electron chi connectivity index (χ4n) is 5.58. The standard InChI is InChI=1S/C34H36N2O6/c37-30(31(38)34(41)15-6-16-34)21-25-9-4-12-29(19-25)32(39)36-17-13-27(14-18-36)28-11-5-10-26(20-28)22-35-33(40)42-23-24-7-2-1-3-8-24/h1-5,7-12,19-20,27,41H,6,13-18,21-23H2,(H,35,40). The van der Waals surface area contributed by atoms with Crippen LogP contribution in [0.3, 0.4) is 0 Å². The van der Waals surface area contributed by atoms with E-state index in [-0.39, 0.29) is 18.9 Å². The molecule has 0 bridgehead atoms. The fourth-order valence-corrected chi connectivity index (χ4v) is 5.58. The highest BCUT2D eigenvalue weighted by atomic mass is 16.5. The van der Waals surface area contributed by atoms with E-state index in [2.05, 4.69) is 17.4 Å². The van der Waals surface area contributed by atoms with Crippen LogP contribution in [-0.2, 0) is 33.9 Å². The molecular formula is C34H36N2O6. The van der Waals surface area contributed by atoms with Gasteiger partial charge in [-0.2, -0.15) is 0 Å². The summed E-state index contributed by atoms with van der Waals surface area (Å²) in [5.74, 6) is -1.15. The summed E-state index contributed by atoms with van der Waals surface area (Å²) in [7, 11) is 0. The minimum atomic E-state index is -1.50. The summed E-state index contributed by atoms with van der Waals surface area (Å²) in [6.07, 6.45) is 2.44. The number of ketones is 2. The SMILES string of the molecule is O=C(NCc1cccc(C2CCN(C(=O)c3cccc(CC(=O)C(=O)C4(O)CCC4)c3)CC2)c1)OCc1ccccc1. The zero-order chi connectivity index (χ0) is 29.5. The van der Waals surface area contributed by atoms with Crippen molar-refractivity contribution < 1.29 is 29.0 Å². The molecule has 8 nitrogen and oxygen atoms in total. The third kappa shape index (κ3) is 7.12. The van der Waals surface area contributed by atoms with Crippen molar-refractivity contribution in [3.63, 3.8) is 0 Å². The zero-order valence-corrected chi connectivity index (χ0v) is 23.6. The number of carbonyl (C=O) groups excluding carboxylic acids is 4. The predicted octanol–water partition coefficient (Wildman–Crippen LogP) is 4.73. The minimum Gasteiger partial charge on any atom is -0.445 e. The average Bonchev–Trinajstić information content (AvgIpc) is 3.01. The van der Waals surface area contributed by atoms with Crippen molar-refractivity contribution in [2.45, 2.75) is 63.2 Å². The molecule has 0 atom stereocenters. The van der Waals surface area contributed by atoms with Crippen molar-refractivity contribution in [2.24, 2.45) is 0 Å². The van der Waals surface area contributed by atoms with Gasteiger partial charge >= 0.3 is 6.09 Å². The number of rotatable bonds is 10. The van der Waals surface area contributed by atoms with Gasteiger partial charge in [-0.05, 0) is 72.4 Å². The molecule has 1 heterocycles. The number of nitrogens with zero attached hydrogens (tertiary/aromatic N) is 1. The Morgan fingerprint density at radius 1 is 0.857 bits per heavy atom. The smallest absolute Gasteiger partial charge is 0.407 e. The van der Waals surface area contributed by atoms with Crippen molar-refractivity contribution in [1.29, 1.82) is 0 Å². The van der Waals surface area contributed by atoms with Crippen LogP contribution in [0.25, 0.3) is 0 Å². The van der Waals surface area contributed by atoms with Crippen molar-refractivity contribution in [3.8, 4) is 0 Å². The maximum atomic E-state index is 13.3. The lowest BCUT2D eigenvalue weighted by Crippen LogP contribution is -2.49. The summed E-state index contributed by atoms with van der Waals surface area (Å²) in [6, 6.07) is 24.5. The third-order valence-electron chi connectivity index (χ3n) is 8.25. The summed E-state index contributed by atoms with van der Waals surface area (Å²) < 4.78 is 5.29. The van der Waals surface area contributed by atoms with Gasteiger partial charge in [0.1, 0.15) is 12.2 Å². The number of aliphatic hydroxyl groups is 1. The van der Waals surface area contributed by atoms with Crippen molar-refractivity contribution in [3.05, 3.63) is 107 Å². The van der Waals surface area contributed by atoms with Crippen LogP contribution in [0.4, 0.5) is 4.79 Å². The first-order chi connectivity index (χ1) is 20.3. The first kappa shape index (κ1) is 29.2. The summed E-state index contributed by atoms with van der Waals surface area (Å²) in [4.78, 5) is 52.0. The largest absolute Gasteiger partial charge is 0.445 e. The second-order valence-corrected chi connectivity index (χ2v) is 11.2. The predicted molar refractivity (Wildman–Crippen MR) is 157 cm³/mol. The Morgan fingerprint density at radius 2 is 1.55 bits per heavy atom. The topological polar surface area (TPSA) is 113 Å². The van der Waals surface area contributed by atoms with E-state index in [1.54, 1.807) is 24.3 Å². The normalized spacial score (nSPS) is 16.3. The molecule has 0 radical (unpaired) electrons. The maximum absolute atomic E-state index is 13.3. The number of benzene rings is 3. The van der Waals surface area contributed by atoms with Crippen molar-refractivity contribution >= 4 is 23.6 Å². The van der Waals surface area contributed by atoms with Crippen LogP contribution in [0.1, 0.15) is 70.6 Å². The highest BCUT2D eigenvalue weighted by Gasteiger charge is 2.44. The molecule has 2 fully saturated rings. The molecule has 0 spiro atoms. The molecule has 5 rings (SSSR count).